The maximum atomic E-state index is 13.3. The van der Waals surface area contributed by atoms with Crippen LogP contribution in [0.4, 0.5) is 11.5 Å². The molecule has 10 heteroatoms. The maximum Gasteiger partial charge on any atom is 0.230 e. The molecule has 1 saturated heterocycles. The molecule has 2 aliphatic heterocycles. The Kier molecular flexibility index (Phi) is 5.49. The van der Waals surface area contributed by atoms with Gasteiger partial charge in [0.15, 0.2) is 9.84 Å². The Morgan fingerprint density at radius 2 is 1.88 bits per heavy atom. The fraction of sp³-hybridized carbons (Fsp3) is 0.292. The van der Waals surface area contributed by atoms with Crippen molar-refractivity contribution in [2.24, 2.45) is 5.92 Å². The number of halogens is 1. The van der Waals surface area contributed by atoms with E-state index in [0.717, 1.165) is 16.8 Å². The normalized spacial score (nSPS) is 18.9. The minimum atomic E-state index is -3.32. The van der Waals surface area contributed by atoms with Gasteiger partial charge >= 0.3 is 0 Å². The average Bonchev–Trinajstić information content (AvgIpc) is 3.40. The Morgan fingerprint density at radius 1 is 1.09 bits per heavy atom. The molecule has 1 fully saturated rings. The molecular weight excluding hydrogens is 476 g/mol. The second-order valence-electron chi connectivity index (χ2n) is 8.86. The van der Waals surface area contributed by atoms with Crippen LogP contribution in [-0.4, -0.2) is 36.6 Å². The maximum absolute atomic E-state index is 13.3. The number of benzene rings is 2. The predicted octanol–water partition coefficient (Wildman–Crippen LogP) is 3.56. The van der Waals surface area contributed by atoms with Crippen LogP contribution >= 0.6 is 11.6 Å². The molecular formula is C24H23ClN4O4S. The highest BCUT2D eigenvalue weighted by atomic mass is 35.5. The van der Waals surface area contributed by atoms with Gasteiger partial charge in [0, 0.05) is 29.2 Å². The van der Waals surface area contributed by atoms with Gasteiger partial charge in [0.1, 0.15) is 5.82 Å². The summed E-state index contributed by atoms with van der Waals surface area (Å²) in [6.45, 7) is 4.23. The molecule has 8 nitrogen and oxygen atoms in total. The van der Waals surface area contributed by atoms with E-state index in [1.165, 1.54) is 4.68 Å². The van der Waals surface area contributed by atoms with Crippen LogP contribution in [0.15, 0.2) is 42.5 Å². The lowest BCUT2D eigenvalue weighted by Gasteiger charge is -2.18. The van der Waals surface area contributed by atoms with Crippen molar-refractivity contribution in [1.29, 1.82) is 0 Å². The van der Waals surface area contributed by atoms with E-state index >= 15 is 0 Å². The van der Waals surface area contributed by atoms with Gasteiger partial charge in [0.25, 0.3) is 0 Å². The van der Waals surface area contributed by atoms with Gasteiger partial charge in [-0.3, -0.25) is 9.59 Å². The van der Waals surface area contributed by atoms with Crippen LogP contribution in [0.2, 0.25) is 5.02 Å². The zero-order chi connectivity index (χ0) is 24.2. The molecule has 2 aromatic carbocycles. The fourth-order valence-corrected chi connectivity index (χ4v) is 6.09. The zero-order valence-electron chi connectivity index (χ0n) is 18.7. The van der Waals surface area contributed by atoms with Crippen molar-refractivity contribution in [1.82, 2.24) is 9.78 Å². The Morgan fingerprint density at radius 3 is 2.62 bits per heavy atom. The molecule has 3 heterocycles. The number of anilines is 2. The molecule has 0 saturated carbocycles. The summed E-state index contributed by atoms with van der Waals surface area (Å²) in [6.07, 6.45) is 0.0740. The number of sulfone groups is 1. The lowest BCUT2D eigenvalue weighted by molar-refractivity contribution is -0.122. The standard InChI is InChI=1S/C24H23ClN4O4S/c1-14-6-7-18(8-15(14)2)28-11-16(9-22(28)30)24(31)26-23-20-12-34(32,33)13-21(20)27-29(23)19-5-3-4-17(25)10-19/h3-8,10,16H,9,11-13H2,1-2H3,(H,26,31). The first-order valence-electron chi connectivity index (χ1n) is 10.9. The van der Waals surface area contributed by atoms with E-state index in [1.807, 2.05) is 32.0 Å². The number of hydrogen-bond donors (Lipinski definition) is 1. The van der Waals surface area contributed by atoms with Crippen LogP contribution in [0.1, 0.15) is 28.8 Å². The van der Waals surface area contributed by atoms with Crippen molar-refractivity contribution in [3.8, 4) is 5.69 Å². The van der Waals surface area contributed by atoms with Crippen molar-refractivity contribution >= 4 is 44.8 Å². The summed E-state index contributed by atoms with van der Waals surface area (Å²) in [6, 6.07) is 12.7. The summed E-state index contributed by atoms with van der Waals surface area (Å²) in [7, 11) is -3.32. The number of rotatable bonds is 4. The lowest BCUT2D eigenvalue weighted by atomic mass is 10.1. The molecule has 5 rings (SSSR count). The lowest BCUT2D eigenvalue weighted by Crippen LogP contribution is -2.29. The largest absolute Gasteiger partial charge is 0.312 e. The number of amides is 2. The number of aryl methyl sites for hydroxylation is 2. The first-order chi connectivity index (χ1) is 16.1. The molecule has 3 aromatic rings. The summed E-state index contributed by atoms with van der Waals surface area (Å²) in [5.41, 5.74) is 4.45. The van der Waals surface area contributed by atoms with Crippen molar-refractivity contribution in [3.63, 3.8) is 0 Å². The van der Waals surface area contributed by atoms with Gasteiger partial charge in [0.05, 0.1) is 28.8 Å². The van der Waals surface area contributed by atoms with Gasteiger partial charge in [-0.05, 0) is 55.3 Å². The highest BCUT2D eigenvalue weighted by molar-refractivity contribution is 7.90. The smallest absolute Gasteiger partial charge is 0.230 e. The van der Waals surface area contributed by atoms with Crippen LogP contribution in [0.3, 0.4) is 0 Å². The number of nitrogens with zero attached hydrogens (tertiary/aromatic N) is 3. The van der Waals surface area contributed by atoms with Crippen molar-refractivity contribution in [2.45, 2.75) is 31.8 Å². The number of hydrogen-bond acceptors (Lipinski definition) is 5. The summed E-state index contributed by atoms with van der Waals surface area (Å²) in [4.78, 5) is 27.6. The molecule has 0 spiro atoms. The van der Waals surface area contributed by atoms with Gasteiger partial charge in [-0.2, -0.15) is 5.10 Å². The highest BCUT2D eigenvalue weighted by Gasteiger charge is 2.38. The van der Waals surface area contributed by atoms with E-state index in [2.05, 4.69) is 10.4 Å². The van der Waals surface area contributed by atoms with E-state index in [0.29, 0.717) is 27.8 Å². The quantitative estimate of drug-likeness (QED) is 0.592. The van der Waals surface area contributed by atoms with Crippen molar-refractivity contribution in [3.05, 3.63) is 69.9 Å². The van der Waals surface area contributed by atoms with Crippen LogP contribution < -0.4 is 10.2 Å². The fourth-order valence-electron chi connectivity index (χ4n) is 4.41. The minimum Gasteiger partial charge on any atom is -0.312 e. The molecule has 2 aliphatic rings. The summed E-state index contributed by atoms with van der Waals surface area (Å²) in [5, 5.41) is 7.83. The summed E-state index contributed by atoms with van der Waals surface area (Å²) in [5.74, 6) is -1.13. The van der Waals surface area contributed by atoms with Crippen LogP contribution in [-0.2, 0) is 30.9 Å². The second kappa shape index (κ2) is 8.25. The van der Waals surface area contributed by atoms with Gasteiger partial charge in [-0.15, -0.1) is 0 Å². The second-order valence-corrected chi connectivity index (χ2v) is 11.4. The van der Waals surface area contributed by atoms with Crippen LogP contribution in [0, 0.1) is 19.8 Å². The Balaban J connectivity index is 1.43. The van der Waals surface area contributed by atoms with Crippen LogP contribution in [0.5, 0.6) is 0 Å². The minimum absolute atomic E-state index is 0.0740. The first kappa shape index (κ1) is 22.6. The zero-order valence-corrected chi connectivity index (χ0v) is 20.3. The number of carbonyl (C=O) groups excluding carboxylic acids is 2. The Hall–Kier alpha value is -3.17. The van der Waals surface area contributed by atoms with Gasteiger partial charge < -0.3 is 10.2 Å². The SMILES string of the molecule is Cc1ccc(N2CC(C(=O)Nc3c4c(nn3-c3cccc(Cl)c3)CS(=O)(=O)C4)CC2=O)cc1C. The van der Waals surface area contributed by atoms with Crippen molar-refractivity contribution in [2.75, 3.05) is 16.8 Å². The number of carbonyl (C=O) groups is 2. The number of nitrogens with one attached hydrogen (secondary N) is 1. The molecule has 1 N–H and O–H groups in total. The molecule has 0 radical (unpaired) electrons. The van der Waals surface area contributed by atoms with Gasteiger partial charge in [-0.1, -0.05) is 23.7 Å². The third kappa shape index (κ3) is 4.10. The molecule has 176 valence electrons. The summed E-state index contributed by atoms with van der Waals surface area (Å²) >= 11 is 6.14. The highest BCUT2D eigenvalue weighted by Crippen LogP contribution is 2.34. The third-order valence-electron chi connectivity index (χ3n) is 6.38. The molecule has 34 heavy (non-hydrogen) atoms. The third-order valence-corrected chi connectivity index (χ3v) is 8.06. The topological polar surface area (TPSA) is 101 Å². The number of aromatic nitrogens is 2. The molecule has 2 amide bonds. The molecule has 0 aliphatic carbocycles. The van der Waals surface area contributed by atoms with E-state index in [-0.39, 0.29) is 36.3 Å². The van der Waals surface area contributed by atoms with E-state index < -0.39 is 15.8 Å². The van der Waals surface area contributed by atoms with E-state index in [1.54, 1.807) is 29.2 Å². The predicted molar refractivity (Wildman–Crippen MR) is 130 cm³/mol. The first-order valence-corrected chi connectivity index (χ1v) is 13.1. The Bertz CT molecular complexity index is 1450. The monoisotopic (exact) mass is 498 g/mol. The number of fused-ring (bicyclic) bond motifs is 1. The van der Waals surface area contributed by atoms with Crippen molar-refractivity contribution < 1.29 is 18.0 Å². The van der Waals surface area contributed by atoms with E-state index in [9.17, 15) is 18.0 Å². The molecule has 1 unspecified atom stereocenters. The van der Waals surface area contributed by atoms with Gasteiger partial charge in [-0.25, -0.2) is 13.1 Å². The van der Waals surface area contributed by atoms with Crippen LogP contribution in [0.25, 0.3) is 5.69 Å². The molecule has 1 atom stereocenters. The van der Waals surface area contributed by atoms with E-state index in [4.69, 9.17) is 11.6 Å². The molecule has 0 bridgehead atoms. The molecule has 1 aromatic heterocycles. The average molecular weight is 499 g/mol. The van der Waals surface area contributed by atoms with Gasteiger partial charge in [0.2, 0.25) is 11.8 Å². The Labute approximate surface area is 202 Å². The summed E-state index contributed by atoms with van der Waals surface area (Å²) < 4.78 is 25.9.